The first kappa shape index (κ1) is 21.9. The average Bonchev–Trinajstić information content (AvgIpc) is 3.40. The number of ether oxygens (including phenoxy) is 1. The highest BCUT2D eigenvalue weighted by Gasteiger charge is 2.37. The SMILES string of the molecule is CCC[C@H](NC(=O)OCC1c2ccccc2-c2ccccc21)C(=O)N1CCCC1C(=O)O. The molecule has 0 spiro atoms. The van der Waals surface area contributed by atoms with Crippen LogP contribution in [-0.4, -0.2) is 53.2 Å². The van der Waals surface area contributed by atoms with Crippen molar-refractivity contribution in [2.45, 2.75) is 50.6 Å². The van der Waals surface area contributed by atoms with E-state index in [4.69, 9.17) is 4.74 Å². The van der Waals surface area contributed by atoms with Crippen molar-refractivity contribution in [1.82, 2.24) is 10.2 Å². The van der Waals surface area contributed by atoms with Gasteiger partial charge in [0.15, 0.2) is 0 Å². The number of carbonyl (C=O) groups excluding carboxylic acids is 2. The fourth-order valence-electron chi connectivity index (χ4n) is 4.82. The van der Waals surface area contributed by atoms with Gasteiger partial charge in [-0.25, -0.2) is 9.59 Å². The zero-order valence-electron chi connectivity index (χ0n) is 18.1. The van der Waals surface area contributed by atoms with Gasteiger partial charge in [0.1, 0.15) is 18.7 Å². The van der Waals surface area contributed by atoms with Crippen LogP contribution in [0.5, 0.6) is 0 Å². The summed E-state index contributed by atoms with van der Waals surface area (Å²) < 4.78 is 5.57. The van der Waals surface area contributed by atoms with Crippen LogP contribution in [0.3, 0.4) is 0 Å². The van der Waals surface area contributed by atoms with E-state index >= 15 is 0 Å². The van der Waals surface area contributed by atoms with Gasteiger partial charge in [-0.15, -0.1) is 0 Å². The second kappa shape index (κ2) is 9.42. The second-order valence-corrected chi connectivity index (χ2v) is 8.34. The van der Waals surface area contributed by atoms with Crippen LogP contribution in [0.25, 0.3) is 11.1 Å². The van der Waals surface area contributed by atoms with Crippen molar-refractivity contribution in [1.29, 1.82) is 0 Å². The van der Waals surface area contributed by atoms with E-state index in [1.54, 1.807) is 0 Å². The molecule has 0 saturated carbocycles. The van der Waals surface area contributed by atoms with E-state index in [1.165, 1.54) is 4.90 Å². The number of nitrogens with zero attached hydrogens (tertiary/aromatic N) is 1. The predicted molar refractivity (Wildman–Crippen MR) is 119 cm³/mol. The molecule has 2 amide bonds. The molecule has 1 aliphatic carbocycles. The van der Waals surface area contributed by atoms with E-state index in [0.717, 1.165) is 22.3 Å². The van der Waals surface area contributed by atoms with E-state index in [0.29, 0.717) is 32.2 Å². The lowest BCUT2D eigenvalue weighted by Crippen LogP contribution is -2.51. The summed E-state index contributed by atoms with van der Waals surface area (Å²) in [5, 5.41) is 12.1. The van der Waals surface area contributed by atoms with Crippen LogP contribution >= 0.6 is 0 Å². The lowest BCUT2D eigenvalue weighted by molar-refractivity contribution is -0.149. The van der Waals surface area contributed by atoms with E-state index < -0.39 is 24.1 Å². The Morgan fingerprint density at radius 3 is 2.31 bits per heavy atom. The van der Waals surface area contributed by atoms with E-state index in [2.05, 4.69) is 17.4 Å². The minimum absolute atomic E-state index is 0.0663. The van der Waals surface area contributed by atoms with Crippen LogP contribution in [-0.2, 0) is 14.3 Å². The number of alkyl carbamates (subject to hydrolysis) is 1. The molecule has 2 aromatic rings. The minimum Gasteiger partial charge on any atom is -0.480 e. The Morgan fingerprint density at radius 1 is 1.09 bits per heavy atom. The third kappa shape index (κ3) is 4.20. The van der Waals surface area contributed by atoms with Gasteiger partial charge in [0.2, 0.25) is 5.91 Å². The van der Waals surface area contributed by atoms with Gasteiger partial charge in [-0.1, -0.05) is 61.9 Å². The second-order valence-electron chi connectivity index (χ2n) is 8.34. The molecule has 2 N–H and O–H groups in total. The van der Waals surface area contributed by atoms with Crippen LogP contribution in [0.4, 0.5) is 4.79 Å². The molecule has 32 heavy (non-hydrogen) atoms. The number of rotatable bonds is 7. The standard InChI is InChI=1S/C25H28N2O5/c1-2-8-21(23(28)27-14-7-13-22(27)24(29)30)26-25(31)32-15-20-18-11-5-3-9-16(18)17-10-4-6-12-19(17)20/h3-6,9-12,20-22H,2,7-8,13-15H2,1H3,(H,26,31)(H,29,30)/t21-,22?/m0/s1. The van der Waals surface area contributed by atoms with Crippen LogP contribution in [0.15, 0.2) is 48.5 Å². The Labute approximate surface area is 187 Å². The van der Waals surface area contributed by atoms with Gasteiger partial charge in [0.05, 0.1) is 0 Å². The summed E-state index contributed by atoms with van der Waals surface area (Å²) in [5.74, 6) is -1.43. The van der Waals surface area contributed by atoms with Crippen LogP contribution in [0.2, 0.25) is 0 Å². The van der Waals surface area contributed by atoms with Gasteiger partial charge in [-0.3, -0.25) is 4.79 Å². The Kier molecular flexibility index (Phi) is 6.44. The molecule has 1 fully saturated rings. The third-order valence-corrected chi connectivity index (χ3v) is 6.33. The largest absolute Gasteiger partial charge is 0.480 e. The molecule has 2 atom stereocenters. The topological polar surface area (TPSA) is 95.9 Å². The summed E-state index contributed by atoms with van der Waals surface area (Å²) in [6.07, 6.45) is 1.51. The molecular formula is C25H28N2O5. The van der Waals surface area contributed by atoms with Crippen molar-refractivity contribution in [3.05, 3.63) is 59.7 Å². The molecule has 2 aliphatic rings. The molecule has 7 heteroatoms. The molecule has 0 radical (unpaired) electrons. The van der Waals surface area contributed by atoms with Gasteiger partial charge < -0.3 is 20.1 Å². The molecule has 4 rings (SSSR count). The summed E-state index contributed by atoms with van der Waals surface area (Å²) >= 11 is 0. The third-order valence-electron chi connectivity index (χ3n) is 6.33. The number of carboxylic acid groups (broad SMARTS) is 1. The lowest BCUT2D eigenvalue weighted by Gasteiger charge is -2.27. The molecule has 1 saturated heterocycles. The number of nitrogens with one attached hydrogen (secondary N) is 1. The molecule has 1 unspecified atom stereocenters. The zero-order valence-corrected chi connectivity index (χ0v) is 18.1. The molecule has 0 aromatic heterocycles. The molecule has 0 bridgehead atoms. The van der Waals surface area contributed by atoms with E-state index in [-0.39, 0.29) is 18.4 Å². The highest BCUT2D eigenvalue weighted by atomic mass is 16.5. The Hall–Kier alpha value is -3.35. The minimum atomic E-state index is -1.01. The first-order valence-corrected chi connectivity index (χ1v) is 11.2. The maximum atomic E-state index is 13.0. The number of aliphatic carboxylic acids is 1. The summed E-state index contributed by atoms with van der Waals surface area (Å²) in [5.41, 5.74) is 4.52. The van der Waals surface area contributed by atoms with E-state index in [1.807, 2.05) is 43.3 Å². The summed E-state index contributed by atoms with van der Waals surface area (Å²) in [7, 11) is 0. The molecule has 1 aliphatic heterocycles. The van der Waals surface area contributed by atoms with E-state index in [9.17, 15) is 19.5 Å². The number of fused-ring (bicyclic) bond motifs is 3. The first-order valence-electron chi connectivity index (χ1n) is 11.2. The smallest absolute Gasteiger partial charge is 0.407 e. The first-order chi connectivity index (χ1) is 15.5. The quantitative estimate of drug-likeness (QED) is 0.689. The van der Waals surface area contributed by atoms with Gasteiger partial charge in [-0.2, -0.15) is 0 Å². The lowest BCUT2D eigenvalue weighted by atomic mass is 9.98. The predicted octanol–water partition coefficient (Wildman–Crippen LogP) is 3.77. The number of hydrogen-bond acceptors (Lipinski definition) is 4. The number of carbonyl (C=O) groups is 3. The maximum absolute atomic E-state index is 13.0. The zero-order chi connectivity index (χ0) is 22.7. The van der Waals surface area contributed by atoms with Crippen LogP contribution < -0.4 is 5.32 Å². The summed E-state index contributed by atoms with van der Waals surface area (Å²) in [4.78, 5) is 38.4. The highest BCUT2D eigenvalue weighted by Crippen LogP contribution is 2.44. The molecule has 168 valence electrons. The highest BCUT2D eigenvalue weighted by molar-refractivity contribution is 5.89. The number of hydrogen-bond donors (Lipinski definition) is 2. The number of benzene rings is 2. The van der Waals surface area contributed by atoms with Crippen molar-refractivity contribution in [2.24, 2.45) is 0 Å². The number of carboxylic acids is 1. The summed E-state index contributed by atoms with van der Waals surface area (Å²) in [6.45, 7) is 2.47. The number of amides is 2. The fourth-order valence-corrected chi connectivity index (χ4v) is 4.82. The van der Waals surface area contributed by atoms with Gasteiger partial charge in [-0.05, 0) is 41.5 Å². The van der Waals surface area contributed by atoms with Crippen molar-refractivity contribution in [3.63, 3.8) is 0 Å². The fraction of sp³-hybridized carbons (Fsp3) is 0.400. The Morgan fingerprint density at radius 2 is 1.72 bits per heavy atom. The Balaban J connectivity index is 1.42. The monoisotopic (exact) mass is 436 g/mol. The van der Waals surface area contributed by atoms with Gasteiger partial charge >= 0.3 is 12.1 Å². The average molecular weight is 437 g/mol. The van der Waals surface area contributed by atoms with Crippen molar-refractivity contribution >= 4 is 18.0 Å². The molecule has 1 heterocycles. The van der Waals surface area contributed by atoms with Crippen molar-refractivity contribution < 1.29 is 24.2 Å². The van der Waals surface area contributed by atoms with Gasteiger partial charge in [0.25, 0.3) is 0 Å². The maximum Gasteiger partial charge on any atom is 0.407 e. The number of likely N-dealkylation sites (tertiary alicyclic amines) is 1. The summed E-state index contributed by atoms with van der Waals surface area (Å²) in [6, 6.07) is 14.5. The normalized spacial score (nSPS) is 18.0. The molecule has 7 nitrogen and oxygen atoms in total. The van der Waals surface area contributed by atoms with Crippen molar-refractivity contribution in [2.75, 3.05) is 13.2 Å². The molecular weight excluding hydrogens is 408 g/mol. The Bertz CT molecular complexity index is 975. The van der Waals surface area contributed by atoms with Crippen LogP contribution in [0, 0.1) is 0 Å². The van der Waals surface area contributed by atoms with Crippen molar-refractivity contribution in [3.8, 4) is 11.1 Å². The molecule has 2 aromatic carbocycles. The van der Waals surface area contributed by atoms with Crippen LogP contribution in [0.1, 0.15) is 49.7 Å². The van der Waals surface area contributed by atoms with Gasteiger partial charge in [0, 0.05) is 12.5 Å².